The third-order valence-electron chi connectivity index (χ3n) is 8.14. The van der Waals surface area contributed by atoms with Crippen LogP contribution >= 0.6 is 11.6 Å². The molecular weight excluding hydrogens is 600 g/mol. The molecule has 1 aromatic rings. The first-order chi connectivity index (χ1) is 21.1. The van der Waals surface area contributed by atoms with E-state index in [1.165, 1.54) is 4.90 Å². The van der Waals surface area contributed by atoms with Crippen molar-refractivity contribution in [2.45, 2.75) is 116 Å². The number of rotatable bonds is 11. The molecule has 2 aliphatic heterocycles. The Kier molecular flexibility index (Phi) is 10.5. The lowest BCUT2D eigenvalue weighted by molar-refractivity contribution is -0.144. The van der Waals surface area contributed by atoms with Crippen LogP contribution in [-0.2, 0) is 24.0 Å². The predicted molar refractivity (Wildman–Crippen MR) is 170 cm³/mol. The van der Waals surface area contributed by atoms with Crippen molar-refractivity contribution < 1.29 is 28.8 Å². The summed E-state index contributed by atoms with van der Waals surface area (Å²) in [6.07, 6.45) is 2.85. The van der Waals surface area contributed by atoms with Crippen LogP contribution in [0.15, 0.2) is 29.4 Å². The number of halogens is 1. The summed E-state index contributed by atoms with van der Waals surface area (Å²) in [7, 11) is 0. The van der Waals surface area contributed by atoms with Crippen LogP contribution in [0.1, 0.15) is 85.6 Å². The van der Waals surface area contributed by atoms with E-state index in [9.17, 15) is 24.0 Å². The van der Waals surface area contributed by atoms with E-state index in [0.717, 1.165) is 18.4 Å². The number of nitrogens with zero attached hydrogens (tertiary/aromatic N) is 2. The maximum absolute atomic E-state index is 14.3. The van der Waals surface area contributed by atoms with Gasteiger partial charge in [0.15, 0.2) is 5.60 Å². The maximum atomic E-state index is 14.3. The molecule has 1 saturated heterocycles. The van der Waals surface area contributed by atoms with Crippen molar-refractivity contribution >= 4 is 46.8 Å². The van der Waals surface area contributed by atoms with E-state index >= 15 is 0 Å². The Morgan fingerprint density at radius 2 is 1.82 bits per heavy atom. The average molecular weight is 645 g/mol. The molecule has 2 heterocycles. The van der Waals surface area contributed by atoms with Gasteiger partial charge in [-0.3, -0.25) is 19.2 Å². The second kappa shape index (κ2) is 13.8. The standard InChI is InChI=1S/C32H45ClN6O6/c1-7-9-22(25(40)28(42)35-21-12-13-21)36-27(41)24-16-32(15-23(38-45-32)19-10-8-11-20(33)14-19)17-39(24)29(43)26(31(4,5)6)37-30(44)34-18(2)3/h8,10-11,14,18,21-22,24,26H,7,9,12-13,15-17H2,1-6H3,(H,35,42)(H,36,41)(H2,34,37,44)/t22-,24-,26+,32+/m0/s1. The van der Waals surface area contributed by atoms with Crippen LogP contribution in [0.2, 0.25) is 5.02 Å². The van der Waals surface area contributed by atoms with Gasteiger partial charge in [-0.25, -0.2) is 4.79 Å². The summed E-state index contributed by atoms with van der Waals surface area (Å²) in [5, 5.41) is 15.9. The number of hydrogen-bond donors (Lipinski definition) is 4. The Labute approximate surface area is 269 Å². The van der Waals surface area contributed by atoms with Gasteiger partial charge in [-0.05, 0) is 50.7 Å². The third kappa shape index (κ3) is 8.53. The lowest BCUT2D eigenvalue weighted by Crippen LogP contribution is -2.60. The number of oxime groups is 1. The molecule has 4 atom stereocenters. The van der Waals surface area contributed by atoms with Crippen molar-refractivity contribution in [3.63, 3.8) is 0 Å². The van der Waals surface area contributed by atoms with Crippen LogP contribution < -0.4 is 21.3 Å². The smallest absolute Gasteiger partial charge is 0.315 e. The Balaban J connectivity index is 1.61. The zero-order valence-corrected chi connectivity index (χ0v) is 27.6. The molecule has 246 valence electrons. The molecular formula is C32H45ClN6O6. The van der Waals surface area contributed by atoms with Gasteiger partial charge < -0.3 is 31.0 Å². The van der Waals surface area contributed by atoms with Crippen LogP contribution in [0.3, 0.4) is 0 Å². The lowest BCUT2D eigenvalue weighted by Gasteiger charge is -2.35. The number of hydrogen-bond acceptors (Lipinski definition) is 7. The SMILES string of the molecule is CCC[C@H](NC(=O)[C@@H]1C[C@]2(CC(c3cccc(Cl)c3)=NO2)CN1C(=O)[C@@H](NC(=O)NC(C)C)C(C)(C)C)C(=O)C(=O)NC1CC1. The molecule has 3 aliphatic rings. The number of carbonyl (C=O) groups excluding carboxylic acids is 5. The van der Waals surface area contributed by atoms with Gasteiger partial charge in [0.05, 0.1) is 18.3 Å². The Hall–Kier alpha value is -3.67. The molecule has 45 heavy (non-hydrogen) atoms. The van der Waals surface area contributed by atoms with E-state index in [2.05, 4.69) is 26.4 Å². The van der Waals surface area contributed by atoms with Crippen LogP contribution in [0.5, 0.6) is 0 Å². The van der Waals surface area contributed by atoms with Crippen molar-refractivity contribution in [3.05, 3.63) is 34.9 Å². The molecule has 1 aromatic carbocycles. The fourth-order valence-corrected chi connectivity index (χ4v) is 5.86. The first kappa shape index (κ1) is 34.2. The number of Topliss-reactive ketones (excluding diaryl/α,β-unsaturated/α-hetero) is 1. The highest BCUT2D eigenvalue weighted by Gasteiger charge is 2.55. The zero-order chi connectivity index (χ0) is 33.1. The molecule has 0 radical (unpaired) electrons. The fourth-order valence-electron chi connectivity index (χ4n) is 5.67. The minimum Gasteiger partial charge on any atom is -0.387 e. The molecule has 1 aliphatic carbocycles. The average Bonchev–Trinajstić information content (AvgIpc) is 3.55. The molecule has 1 saturated carbocycles. The molecule has 0 bridgehead atoms. The quantitative estimate of drug-likeness (QED) is 0.271. The van der Waals surface area contributed by atoms with Crippen molar-refractivity contribution in [1.82, 2.24) is 26.2 Å². The topological polar surface area (TPSA) is 158 Å². The summed E-state index contributed by atoms with van der Waals surface area (Å²) in [5.74, 6) is -2.49. The first-order valence-electron chi connectivity index (χ1n) is 15.7. The number of ketones is 1. The highest BCUT2D eigenvalue weighted by atomic mass is 35.5. The molecule has 12 nitrogen and oxygen atoms in total. The zero-order valence-electron chi connectivity index (χ0n) is 26.9. The lowest BCUT2D eigenvalue weighted by atomic mass is 9.85. The molecule has 0 unspecified atom stereocenters. The van der Waals surface area contributed by atoms with Gasteiger partial charge in [0, 0.05) is 35.5 Å². The number of urea groups is 1. The number of benzene rings is 1. The summed E-state index contributed by atoms with van der Waals surface area (Å²) in [6, 6.07) is 3.41. The van der Waals surface area contributed by atoms with Gasteiger partial charge in [-0.2, -0.15) is 0 Å². The summed E-state index contributed by atoms with van der Waals surface area (Å²) in [6.45, 7) is 11.0. The van der Waals surface area contributed by atoms with E-state index in [0.29, 0.717) is 23.6 Å². The number of carbonyl (C=O) groups is 5. The van der Waals surface area contributed by atoms with Gasteiger partial charge >= 0.3 is 6.03 Å². The Morgan fingerprint density at radius 3 is 2.42 bits per heavy atom. The van der Waals surface area contributed by atoms with Crippen LogP contribution in [0.25, 0.3) is 0 Å². The van der Waals surface area contributed by atoms with Crippen LogP contribution in [0.4, 0.5) is 4.79 Å². The molecule has 5 amide bonds. The normalized spacial score (nSPS) is 22.4. The van der Waals surface area contributed by atoms with Gasteiger partial charge in [0.2, 0.25) is 17.6 Å². The van der Waals surface area contributed by atoms with Gasteiger partial charge in [-0.1, -0.05) is 63.0 Å². The Bertz CT molecular complexity index is 1360. The molecule has 0 aromatic heterocycles. The van der Waals surface area contributed by atoms with Gasteiger partial charge in [-0.15, -0.1) is 0 Å². The monoisotopic (exact) mass is 644 g/mol. The number of amides is 5. The van der Waals surface area contributed by atoms with E-state index < -0.39 is 58.7 Å². The minimum atomic E-state index is -1.05. The fraction of sp³-hybridized carbons (Fsp3) is 0.625. The van der Waals surface area contributed by atoms with Crippen LogP contribution in [0, 0.1) is 5.41 Å². The molecule has 1 spiro atoms. The van der Waals surface area contributed by atoms with Crippen molar-refractivity contribution in [1.29, 1.82) is 0 Å². The van der Waals surface area contributed by atoms with Gasteiger partial charge in [0.25, 0.3) is 5.91 Å². The van der Waals surface area contributed by atoms with E-state index in [1.807, 2.05) is 47.6 Å². The summed E-state index contributed by atoms with van der Waals surface area (Å²) in [5.41, 5.74) is -0.350. The van der Waals surface area contributed by atoms with Crippen molar-refractivity contribution in [2.75, 3.05) is 6.54 Å². The summed E-state index contributed by atoms with van der Waals surface area (Å²) in [4.78, 5) is 74.1. The third-order valence-corrected chi connectivity index (χ3v) is 8.37. The minimum absolute atomic E-state index is 0.00911. The van der Waals surface area contributed by atoms with E-state index in [4.69, 9.17) is 16.4 Å². The molecule has 4 rings (SSSR count). The highest BCUT2D eigenvalue weighted by Crippen LogP contribution is 2.40. The largest absolute Gasteiger partial charge is 0.387 e. The van der Waals surface area contributed by atoms with Crippen LogP contribution in [-0.4, -0.2) is 82.5 Å². The first-order valence-corrected chi connectivity index (χ1v) is 16.0. The number of nitrogens with one attached hydrogen (secondary N) is 4. The van der Waals surface area contributed by atoms with Gasteiger partial charge in [0.1, 0.15) is 12.1 Å². The summed E-state index contributed by atoms with van der Waals surface area (Å²) >= 11 is 6.21. The van der Waals surface area contributed by atoms with E-state index in [1.54, 1.807) is 18.2 Å². The molecule has 13 heteroatoms. The predicted octanol–water partition coefficient (Wildman–Crippen LogP) is 3.06. The second-order valence-corrected chi connectivity index (χ2v) is 14.2. The molecule has 2 fully saturated rings. The van der Waals surface area contributed by atoms with Crippen molar-refractivity contribution in [3.8, 4) is 0 Å². The highest BCUT2D eigenvalue weighted by molar-refractivity contribution is 6.38. The maximum Gasteiger partial charge on any atom is 0.315 e. The summed E-state index contributed by atoms with van der Waals surface area (Å²) < 4.78 is 0. The second-order valence-electron chi connectivity index (χ2n) is 13.7. The van der Waals surface area contributed by atoms with E-state index in [-0.39, 0.29) is 31.5 Å². The molecule has 4 N–H and O–H groups in total. The number of likely N-dealkylation sites (tertiary alicyclic amines) is 1. The Morgan fingerprint density at radius 1 is 1.11 bits per heavy atom. The van der Waals surface area contributed by atoms with Crippen molar-refractivity contribution in [2.24, 2.45) is 10.6 Å².